The molecule has 0 radical (unpaired) electrons. The number of nitrogens with zero attached hydrogens (tertiary/aromatic N) is 3. The summed E-state index contributed by atoms with van der Waals surface area (Å²) in [6, 6.07) is 0. The summed E-state index contributed by atoms with van der Waals surface area (Å²) in [7, 11) is 0. The van der Waals surface area contributed by atoms with Gasteiger partial charge in [0, 0.05) is 6.20 Å². The number of aromatic nitrogens is 2. The maximum atomic E-state index is 12.5. The average molecular weight is 185 g/mol. The first kappa shape index (κ1) is 8.34. The highest BCUT2D eigenvalue weighted by molar-refractivity contribution is 5.41. The van der Waals surface area contributed by atoms with Gasteiger partial charge in [0.05, 0.1) is 25.0 Å². The largest absolute Gasteiger partial charge is 0.343 e. The van der Waals surface area contributed by atoms with Crippen molar-refractivity contribution < 1.29 is 8.78 Å². The van der Waals surface area contributed by atoms with Gasteiger partial charge in [0.1, 0.15) is 5.82 Å². The van der Waals surface area contributed by atoms with E-state index in [0.29, 0.717) is 5.82 Å². The fraction of sp³-hybridized carbons (Fsp3) is 0.500. The van der Waals surface area contributed by atoms with Crippen LogP contribution in [0.3, 0.4) is 0 Å². The van der Waals surface area contributed by atoms with Crippen molar-refractivity contribution in [3.05, 3.63) is 18.1 Å². The maximum absolute atomic E-state index is 12.5. The Labute approximate surface area is 74.4 Å². The van der Waals surface area contributed by atoms with Crippen LogP contribution in [-0.4, -0.2) is 29.0 Å². The number of halogens is 2. The second kappa shape index (κ2) is 2.61. The highest BCUT2D eigenvalue weighted by Crippen LogP contribution is 2.29. The molecule has 0 atom stereocenters. The summed E-state index contributed by atoms with van der Waals surface area (Å²) in [6.07, 6.45) is 3.10. The minimum absolute atomic E-state index is 0.245. The van der Waals surface area contributed by atoms with Gasteiger partial charge < -0.3 is 4.90 Å². The Balaban J connectivity index is 2.11. The lowest BCUT2D eigenvalue weighted by atomic mass is 10.1. The molecule has 0 spiro atoms. The van der Waals surface area contributed by atoms with Crippen LogP contribution in [-0.2, 0) is 0 Å². The van der Waals surface area contributed by atoms with E-state index in [9.17, 15) is 8.78 Å². The van der Waals surface area contributed by atoms with Crippen LogP contribution in [0, 0.1) is 6.92 Å². The average Bonchev–Trinajstić information content (AvgIpc) is 2.00. The first-order chi connectivity index (χ1) is 6.07. The quantitative estimate of drug-likeness (QED) is 0.659. The van der Waals surface area contributed by atoms with Crippen LogP contribution < -0.4 is 4.90 Å². The Morgan fingerprint density at radius 2 is 2.08 bits per heavy atom. The molecule has 0 bridgehead atoms. The van der Waals surface area contributed by atoms with Gasteiger partial charge in [-0.1, -0.05) is 0 Å². The van der Waals surface area contributed by atoms with Gasteiger partial charge in [-0.3, -0.25) is 4.98 Å². The molecule has 2 rings (SSSR count). The third-order valence-electron chi connectivity index (χ3n) is 1.91. The standard InChI is InChI=1S/C8H9F2N3/c1-6-2-11-3-7(12-6)13-4-8(9,10)5-13/h2-3H,4-5H2,1H3. The van der Waals surface area contributed by atoms with Crippen molar-refractivity contribution >= 4 is 5.82 Å². The van der Waals surface area contributed by atoms with E-state index in [1.54, 1.807) is 13.1 Å². The Hall–Kier alpha value is -1.26. The topological polar surface area (TPSA) is 29.0 Å². The molecule has 5 heteroatoms. The predicted octanol–water partition coefficient (Wildman–Crippen LogP) is 1.24. The molecular weight excluding hydrogens is 176 g/mol. The molecule has 1 saturated heterocycles. The Kier molecular flexibility index (Phi) is 1.68. The zero-order valence-corrected chi connectivity index (χ0v) is 7.17. The molecule has 3 nitrogen and oxygen atoms in total. The molecule has 13 heavy (non-hydrogen) atoms. The Morgan fingerprint density at radius 1 is 1.38 bits per heavy atom. The molecule has 0 aromatic carbocycles. The number of rotatable bonds is 1. The second-order valence-electron chi connectivity index (χ2n) is 3.23. The maximum Gasteiger partial charge on any atom is 0.282 e. The summed E-state index contributed by atoms with van der Waals surface area (Å²) in [6.45, 7) is 1.30. The van der Waals surface area contributed by atoms with Gasteiger partial charge in [0.25, 0.3) is 5.92 Å². The summed E-state index contributed by atoms with van der Waals surface area (Å²) in [5.41, 5.74) is 0.743. The van der Waals surface area contributed by atoms with Crippen LogP contribution in [0.15, 0.2) is 12.4 Å². The molecular formula is C8H9F2N3. The molecule has 0 aliphatic carbocycles. The summed E-state index contributed by atoms with van der Waals surface area (Å²) >= 11 is 0. The van der Waals surface area contributed by atoms with Crippen molar-refractivity contribution in [2.45, 2.75) is 12.8 Å². The van der Waals surface area contributed by atoms with Gasteiger partial charge in [-0.2, -0.15) is 0 Å². The van der Waals surface area contributed by atoms with Crippen LogP contribution in [0.5, 0.6) is 0 Å². The normalized spacial score (nSPS) is 19.8. The molecule has 1 aromatic rings. The molecule has 1 aliphatic rings. The van der Waals surface area contributed by atoms with Gasteiger partial charge >= 0.3 is 0 Å². The van der Waals surface area contributed by atoms with E-state index in [0.717, 1.165) is 5.69 Å². The van der Waals surface area contributed by atoms with Gasteiger partial charge in [-0.05, 0) is 6.92 Å². The second-order valence-corrected chi connectivity index (χ2v) is 3.23. The minimum atomic E-state index is -2.55. The molecule has 0 N–H and O–H groups in total. The molecule has 0 unspecified atom stereocenters. The molecule has 2 heterocycles. The van der Waals surface area contributed by atoms with Gasteiger partial charge in [-0.15, -0.1) is 0 Å². The van der Waals surface area contributed by atoms with Crippen LogP contribution in [0.4, 0.5) is 14.6 Å². The highest BCUT2D eigenvalue weighted by Gasteiger charge is 2.44. The third kappa shape index (κ3) is 1.59. The number of alkyl halides is 2. The van der Waals surface area contributed by atoms with Crippen molar-refractivity contribution in [2.75, 3.05) is 18.0 Å². The first-order valence-corrected chi connectivity index (χ1v) is 3.98. The minimum Gasteiger partial charge on any atom is -0.343 e. The van der Waals surface area contributed by atoms with Crippen LogP contribution in [0.1, 0.15) is 5.69 Å². The fourth-order valence-electron chi connectivity index (χ4n) is 1.28. The van der Waals surface area contributed by atoms with Crippen molar-refractivity contribution in [3.63, 3.8) is 0 Å². The lowest BCUT2D eigenvalue weighted by Crippen LogP contribution is -2.56. The van der Waals surface area contributed by atoms with Crippen molar-refractivity contribution in [2.24, 2.45) is 0 Å². The first-order valence-electron chi connectivity index (χ1n) is 3.98. The Morgan fingerprint density at radius 3 is 2.62 bits per heavy atom. The van der Waals surface area contributed by atoms with Crippen LogP contribution in [0.2, 0.25) is 0 Å². The van der Waals surface area contributed by atoms with Gasteiger partial charge in [0.15, 0.2) is 0 Å². The number of hydrogen-bond donors (Lipinski definition) is 0. The molecule has 0 saturated carbocycles. The fourth-order valence-corrected chi connectivity index (χ4v) is 1.28. The SMILES string of the molecule is Cc1cncc(N2CC(F)(F)C2)n1. The zero-order chi connectivity index (χ0) is 9.47. The van der Waals surface area contributed by atoms with Crippen LogP contribution >= 0.6 is 0 Å². The third-order valence-corrected chi connectivity index (χ3v) is 1.91. The monoisotopic (exact) mass is 185 g/mol. The molecule has 0 amide bonds. The number of hydrogen-bond acceptors (Lipinski definition) is 3. The van der Waals surface area contributed by atoms with Gasteiger partial charge in [0.2, 0.25) is 0 Å². The summed E-state index contributed by atoms with van der Waals surface area (Å²) < 4.78 is 25.0. The summed E-state index contributed by atoms with van der Waals surface area (Å²) in [4.78, 5) is 9.49. The lowest BCUT2D eigenvalue weighted by Gasteiger charge is -2.39. The number of anilines is 1. The van der Waals surface area contributed by atoms with E-state index in [1.165, 1.54) is 11.1 Å². The van der Waals surface area contributed by atoms with E-state index >= 15 is 0 Å². The molecule has 1 aromatic heterocycles. The predicted molar refractivity (Wildman–Crippen MR) is 43.9 cm³/mol. The van der Waals surface area contributed by atoms with Crippen molar-refractivity contribution in [1.82, 2.24) is 9.97 Å². The van der Waals surface area contributed by atoms with Crippen molar-refractivity contribution in [1.29, 1.82) is 0 Å². The van der Waals surface area contributed by atoms with E-state index in [1.807, 2.05) is 0 Å². The Bertz CT molecular complexity index is 319. The van der Waals surface area contributed by atoms with E-state index in [2.05, 4.69) is 9.97 Å². The molecule has 1 fully saturated rings. The molecule has 70 valence electrons. The zero-order valence-electron chi connectivity index (χ0n) is 7.17. The lowest BCUT2D eigenvalue weighted by molar-refractivity contribution is -0.0267. The van der Waals surface area contributed by atoms with Crippen molar-refractivity contribution in [3.8, 4) is 0 Å². The van der Waals surface area contributed by atoms with E-state index < -0.39 is 5.92 Å². The summed E-state index contributed by atoms with van der Waals surface area (Å²) in [5, 5.41) is 0. The number of aryl methyl sites for hydroxylation is 1. The summed E-state index contributed by atoms with van der Waals surface area (Å²) in [5.74, 6) is -2.02. The van der Waals surface area contributed by atoms with E-state index in [4.69, 9.17) is 0 Å². The smallest absolute Gasteiger partial charge is 0.282 e. The van der Waals surface area contributed by atoms with Gasteiger partial charge in [-0.25, -0.2) is 13.8 Å². The van der Waals surface area contributed by atoms with Crippen LogP contribution in [0.25, 0.3) is 0 Å². The highest BCUT2D eigenvalue weighted by atomic mass is 19.3. The van der Waals surface area contributed by atoms with E-state index in [-0.39, 0.29) is 13.1 Å². The molecule has 1 aliphatic heterocycles.